The second-order valence-corrected chi connectivity index (χ2v) is 9.92. The normalized spacial score (nSPS) is 17.3. The molecule has 184 valence electrons. The zero-order chi connectivity index (χ0) is 24.9. The molecule has 0 spiro atoms. The number of ether oxygens (including phenoxy) is 2. The summed E-state index contributed by atoms with van der Waals surface area (Å²) in [6.45, 7) is 1.21. The van der Waals surface area contributed by atoms with Gasteiger partial charge in [0, 0.05) is 28.7 Å². The molecule has 0 unspecified atom stereocenters. The number of rotatable bonds is 7. The molecule has 0 saturated carbocycles. The average molecular weight is 535 g/mol. The molecule has 2 saturated heterocycles. The Morgan fingerprint density at radius 3 is 2.46 bits per heavy atom. The van der Waals surface area contributed by atoms with Gasteiger partial charge >= 0.3 is 0 Å². The van der Waals surface area contributed by atoms with Gasteiger partial charge in [0.05, 0.1) is 12.0 Å². The number of carbonyl (C=O) groups is 3. The smallest absolute Gasteiger partial charge is 0.294 e. The van der Waals surface area contributed by atoms with Crippen molar-refractivity contribution in [2.75, 3.05) is 26.7 Å². The lowest BCUT2D eigenvalue weighted by Crippen LogP contribution is -2.44. The second-order valence-electron chi connectivity index (χ2n) is 8.11. The first-order chi connectivity index (χ1) is 16.9. The lowest BCUT2D eigenvalue weighted by Gasteiger charge is -2.27. The van der Waals surface area contributed by atoms with Gasteiger partial charge in [-0.2, -0.15) is 0 Å². The van der Waals surface area contributed by atoms with Crippen LogP contribution in [0.25, 0.3) is 6.08 Å². The van der Waals surface area contributed by atoms with E-state index in [2.05, 4.69) is 0 Å². The van der Waals surface area contributed by atoms with Crippen LogP contribution in [0.2, 0.25) is 10.0 Å². The maximum Gasteiger partial charge on any atom is 0.294 e. The van der Waals surface area contributed by atoms with Crippen molar-refractivity contribution in [3.05, 3.63) is 62.5 Å². The minimum absolute atomic E-state index is 0.118. The first kappa shape index (κ1) is 25.4. The fourth-order valence-electron chi connectivity index (χ4n) is 3.88. The second kappa shape index (κ2) is 11.4. The van der Waals surface area contributed by atoms with Crippen molar-refractivity contribution in [3.8, 4) is 11.5 Å². The van der Waals surface area contributed by atoms with Crippen molar-refractivity contribution >= 4 is 58.1 Å². The zero-order valence-corrected chi connectivity index (χ0v) is 21.4. The van der Waals surface area contributed by atoms with Crippen LogP contribution in [-0.4, -0.2) is 53.6 Å². The Hall–Kier alpha value is -2.68. The summed E-state index contributed by atoms with van der Waals surface area (Å²) in [7, 11) is 1.52. The minimum Gasteiger partial charge on any atom is -0.493 e. The number of likely N-dealkylation sites (tertiary alicyclic amines) is 1. The summed E-state index contributed by atoms with van der Waals surface area (Å²) in [6.07, 6.45) is 4.58. The third-order valence-corrected chi connectivity index (χ3v) is 7.41. The predicted octanol–water partition coefficient (Wildman–Crippen LogP) is 5.63. The molecule has 7 nitrogen and oxygen atoms in total. The molecule has 4 rings (SSSR count). The fourth-order valence-corrected chi connectivity index (χ4v) is 5.23. The maximum atomic E-state index is 12.9. The highest BCUT2D eigenvalue weighted by molar-refractivity contribution is 8.18. The zero-order valence-electron chi connectivity index (χ0n) is 19.1. The molecule has 0 atom stereocenters. The Bertz CT molecular complexity index is 1160. The number of imide groups is 1. The van der Waals surface area contributed by atoms with Gasteiger partial charge in [0.2, 0.25) is 5.91 Å². The minimum atomic E-state index is -0.480. The van der Waals surface area contributed by atoms with E-state index in [1.165, 1.54) is 7.11 Å². The first-order valence-electron chi connectivity index (χ1n) is 11.1. The van der Waals surface area contributed by atoms with Gasteiger partial charge in [-0.25, -0.2) is 0 Å². The number of hydrogen-bond acceptors (Lipinski definition) is 6. The van der Waals surface area contributed by atoms with E-state index in [4.69, 9.17) is 32.7 Å². The van der Waals surface area contributed by atoms with Gasteiger partial charge in [0.1, 0.15) is 13.2 Å². The van der Waals surface area contributed by atoms with Crippen LogP contribution in [0.5, 0.6) is 11.5 Å². The fraction of sp³-hybridized carbons (Fsp3) is 0.320. The van der Waals surface area contributed by atoms with Crippen molar-refractivity contribution in [1.29, 1.82) is 0 Å². The molecular weight excluding hydrogens is 511 g/mol. The molecule has 0 bridgehead atoms. The summed E-state index contributed by atoms with van der Waals surface area (Å²) in [5, 5.41) is 0.519. The lowest BCUT2D eigenvalue weighted by molar-refractivity contribution is -0.136. The van der Waals surface area contributed by atoms with E-state index < -0.39 is 11.1 Å². The monoisotopic (exact) mass is 534 g/mol. The number of halogens is 2. The van der Waals surface area contributed by atoms with Crippen LogP contribution in [0.3, 0.4) is 0 Å². The van der Waals surface area contributed by atoms with Crippen LogP contribution >= 0.6 is 35.0 Å². The SMILES string of the molecule is COc1ccc(/C=C2\SC(=O)N(CC(=O)N3CCCCC3)C2=O)cc1OCc1c(Cl)cccc1Cl. The van der Waals surface area contributed by atoms with E-state index >= 15 is 0 Å². The molecule has 2 aromatic carbocycles. The van der Waals surface area contributed by atoms with E-state index in [-0.39, 0.29) is 24.0 Å². The number of benzene rings is 2. The van der Waals surface area contributed by atoms with Crippen molar-refractivity contribution < 1.29 is 23.9 Å². The lowest BCUT2D eigenvalue weighted by atomic mass is 10.1. The van der Waals surface area contributed by atoms with Gasteiger partial charge in [-0.3, -0.25) is 19.3 Å². The molecule has 35 heavy (non-hydrogen) atoms. The summed E-state index contributed by atoms with van der Waals surface area (Å²) in [5.74, 6) is 0.236. The van der Waals surface area contributed by atoms with Crippen LogP contribution in [0.4, 0.5) is 4.79 Å². The highest BCUT2D eigenvalue weighted by Gasteiger charge is 2.37. The van der Waals surface area contributed by atoms with Crippen molar-refractivity contribution in [3.63, 3.8) is 0 Å². The third-order valence-electron chi connectivity index (χ3n) is 5.79. The van der Waals surface area contributed by atoms with Gasteiger partial charge < -0.3 is 14.4 Å². The van der Waals surface area contributed by atoms with Gasteiger partial charge in [0.25, 0.3) is 11.1 Å². The molecule has 3 amide bonds. The highest BCUT2D eigenvalue weighted by Crippen LogP contribution is 2.35. The summed E-state index contributed by atoms with van der Waals surface area (Å²) >= 11 is 13.3. The molecule has 2 fully saturated rings. The van der Waals surface area contributed by atoms with E-state index in [1.54, 1.807) is 47.4 Å². The van der Waals surface area contributed by atoms with Crippen LogP contribution in [0.15, 0.2) is 41.3 Å². The molecule has 2 heterocycles. The molecule has 2 aliphatic heterocycles. The largest absolute Gasteiger partial charge is 0.493 e. The topological polar surface area (TPSA) is 76.2 Å². The average Bonchev–Trinajstić information content (AvgIpc) is 3.11. The maximum absolute atomic E-state index is 12.9. The van der Waals surface area contributed by atoms with Gasteiger partial charge in [-0.1, -0.05) is 35.3 Å². The molecular formula is C25H24Cl2N2O5S. The van der Waals surface area contributed by atoms with Gasteiger partial charge in [-0.15, -0.1) is 0 Å². The number of piperidine rings is 1. The van der Waals surface area contributed by atoms with E-state index in [0.717, 1.165) is 35.9 Å². The number of thioether (sulfide) groups is 1. The highest BCUT2D eigenvalue weighted by atomic mass is 35.5. The quantitative estimate of drug-likeness (QED) is 0.428. The van der Waals surface area contributed by atoms with Crippen LogP contribution < -0.4 is 9.47 Å². The standard InChI is InChI=1S/C25H24Cl2N2O5S/c1-33-20-9-8-16(12-21(20)34-15-17-18(26)6-5-7-19(17)27)13-22-24(31)29(25(32)35-22)14-23(30)28-10-3-2-4-11-28/h5-9,12-13H,2-4,10-11,14-15H2,1H3/b22-13-. The van der Waals surface area contributed by atoms with Crippen molar-refractivity contribution in [1.82, 2.24) is 9.80 Å². The number of amides is 3. The molecule has 0 N–H and O–H groups in total. The Morgan fingerprint density at radius 2 is 1.77 bits per heavy atom. The van der Waals surface area contributed by atoms with Gasteiger partial charge in [-0.05, 0) is 66.9 Å². The van der Waals surface area contributed by atoms with Crippen LogP contribution in [-0.2, 0) is 16.2 Å². The Labute approximate surface area is 217 Å². The molecule has 0 radical (unpaired) electrons. The number of nitrogens with zero attached hydrogens (tertiary/aromatic N) is 2. The summed E-state index contributed by atoms with van der Waals surface area (Å²) in [4.78, 5) is 40.9. The van der Waals surface area contributed by atoms with E-state index in [9.17, 15) is 14.4 Å². The summed E-state index contributed by atoms with van der Waals surface area (Å²) in [5.41, 5.74) is 1.28. The number of hydrogen-bond donors (Lipinski definition) is 0. The van der Waals surface area contributed by atoms with Crippen LogP contribution in [0, 0.1) is 0 Å². The Morgan fingerprint density at radius 1 is 1.06 bits per heavy atom. The third kappa shape index (κ3) is 5.94. The van der Waals surface area contributed by atoms with Crippen LogP contribution in [0.1, 0.15) is 30.4 Å². The number of methoxy groups -OCH3 is 1. The Kier molecular flexibility index (Phi) is 8.26. The first-order valence-corrected chi connectivity index (χ1v) is 12.7. The van der Waals surface area contributed by atoms with E-state index in [1.807, 2.05) is 0 Å². The molecule has 0 aliphatic carbocycles. The number of carbonyl (C=O) groups excluding carboxylic acids is 3. The molecule has 2 aromatic rings. The van der Waals surface area contributed by atoms with Crippen molar-refractivity contribution in [2.45, 2.75) is 25.9 Å². The summed E-state index contributed by atoms with van der Waals surface area (Å²) < 4.78 is 11.3. The van der Waals surface area contributed by atoms with E-state index in [0.29, 0.717) is 45.8 Å². The van der Waals surface area contributed by atoms with Crippen molar-refractivity contribution in [2.24, 2.45) is 0 Å². The molecule has 0 aromatic heterocycles. The summed E-state index contributed by atoms with van der Waals surface area (Å²) in [6, 6.07) is 10.4. The Balaban J connectivity index is 1.49. The molecule has 2 aliphatic rings. The molecule has 10 heteroatoms. The van der Waals surface area contributed by atoms with Gasteiger partial charge in [0.15, 0.2) is 11.5 Å². The predicted molar refractivity (Wildman–Crippen MR) is 137 cm³/mol.